The number of nitrogens with zero attached hydrogens (tertiary/aromatic N) is 1. The molecule has 0 heterocycles. The number of hydrogen-bond donors (Lipinski definition) is 0. The maximum Gasteiger partial charge on any atom is 0.225 e. The van der Waals surface area contributed by atoms with E-state index in [0.29, 0.717) is 5.92 Å². The predicted octanol–water partition coefficient (Wildman–Crippen LogP) is 1.33. The SMILES string of the molecule is CC1CCC(C=O)C(C(=O)N(C)C)C1. The Bertz CT molecular complexity index is 225. The van der Waals surface area contributed by atoms with Crippen LogP contribution in [-0.4, -0.2) is 31.2 Å². The van der Waals surface area contributed by atoms with Gasteiger partial charge in [-0.3, -0.25) is 4.79 Å². The van der Waals surface area contributed by atoms with Gasteiger partial charge in [-0.2, -0.15) is 0 Å². The number of aldehydes is 1. The van der Waals surface area contributed by atoms with Gasteiger partial charge in [0.1, 0.15) is 6.29 Å². The van der Waals surface area contributed by atoms with Gasteiger partial charge in [-0.15, -0.1) is 0 Å². The summed E-state index contributed by atoms with van der Waals surface area (Å²) >= 11 is 0. The van der Waals surface area contributed by atoms with Crippen molar-refractivity contribution in [1.82, 2.24) is 4.90 Å². The molecule has 0 aliphatic heterocycles. The van der Waals surface area contributed by atoms with E-state index in [2.05, 4.69) is 6.92 Å². The van der Waals surface area contributed by atoms with Crippen LogP contribution >= 0.6 is 0 Å². The fourth-order valence-corrected chi connectivity index (χ4v) is 2.18. The average Bonchev–Trinajstić information content (AvgIpc) is 2.16. The van der Waals surface area contributed by atoms with Crippen LogP contribution in [-0.2, 0) is 9.59 Å². The van der Waals surface area contributed by atoms with Gasteiger partial charge < -0.3 is 9.69 Å². The summed E-state index contributed by atoms with van der Waals surface area (Å²) in [5.74, 6) is 0.543. The molecule has 0 aromatic carbocycles. The van der Waals surface area contributed by atoms with Gasteiger partial charge in [0, 0.05) is 25.9 Å². The summed E-state index contributed by atoms with van der Waals surface area (Å²) in [6.45, 7) is 2.15. The van der Waals surface area contributed by atoms with Crippen molar-refractivity contribution in [2.24, 2.45) is 17.8 Å². The molecule has 0 saturated heterocycles. The van der Waals surface area contributed by atoms with Crippen molar-refractivity contribution in [2.45, 2.75) is 26.2 Å². The van der Waals surface area contributed by atoms with Crippen molar-refractivity contribution in [1.29, 1.82) is 0 Å². The van der Waals surface area contributed by atoms with Gasteiger partial charge >= 0.3 is 0 Å². The van der Waals surface area contributed by atoms with Gasteiger partial charge in [0.25, 0.3) is 0 Å². The molecule has 0 bridgehead atoms. The molecule has 0 aromatic heterocycles. The standard InChI is InChI=1S/C11H19NO2/c1-8-4-5-9(7-13)10(6-8)11(14)12(2)3/h7-10H,4-6H2,1-3H3. The maximum atomic E-state index is 11.8. The van der Waals surface area contributed by atoms with Crippen molar-refractivity contribution in [3.8, 4) is 0 Å². The Labute approximate surface area is 85.5 Å². The Morgan fingerprint density at radius 1 is 1.36 bits per heavy atom. The van der Waals surface area contributed by atoms with E-state index in [9.17, 15) is 9.59 Å². The Balaban J connectivity index is 2.70. The molecule has 1 amide bonds. The lowest BCUT2D eigenvalue weighted by Gasteiger charge is -2.32. The fraction of sp³-hybridized carbons (Fsp3) is 0.818. The van der Waals surface area contributed by atoms with Gasteiger partial charge in [-0.05, 0) is 25.2 Å². The lowest BCUT2D eigenvalue weighted by atomic mass is 9.75. The zero-order valence-corrected chi connectivity index (χ0v) is 9.19. The Kier molecular flexibility index (Phi) is 3.67. The minimum Gasteiger partial charge on any atom is -0.349 e. The molecule has 1 aliphatic carbocycles. The van der Waals surface area contributed by atoms with Crippen LogP contribution in [0.3, 0.4) is 0 Å². The molecule has 3 unspecified atom stereocenters. The van der Waals surface area contributed by atoms with E-state index in [1.54, 1.807) is 19.0 Å². The number of carbonyl (C=O) groups is 2. The van der Waals surface area contributed by atoms with Crippen LogP contribution in [0.5, 0.6) is 0 Å². The molecular weight excluding hydrogens is 178 g/mol. The normalized spacial score (nSPS) is 32.4. The van der Waals surface area contributed by atoms with Gasteiger partial charge in [0.2, 0.25) is 5.91 Å². The van der Waals surface area contributed by atoms with Crippen molar-refractivity contribution in [2.75, 3.05) is 14.1 Å². The third-order valence-corrected chi connectivity index (χ3v) is 3.10. The predicted molar refractivity (Wildman–Crippen MR) is 54.8 cm³/mol. The zero-order valence-electron chi connectivity index (χ0n) is 9.19. The number of rotatable bonds is 2. The number of hydrogen-bond acceptors (Lipinski definition) is 2. The maximum absolute atomic E-state index is 11.8. The van der Waals surface area contributed by atoms with E-state index in [0.717, 1.165) is 25.5 Å². The summed E-state index contributed by atoms with van der Waals surface area (Å²) < 4.78 is 0. The minimum atomic E-state index is -0.0775. The monoisotopic (exact) mass is 197 g/mol. The summed E-state index contributed by atoms with van der Waals surface area (Å²) in [5.41, 5.74) is 0. The van der Waals surface area contributed by atoms with Crippen molar-refractivity contribution >= 4 is 12.2 Å². The van der Waals surface area contributed by atoms with E-state index in [1.807, 2.05) is 0 Å². The number of amides is 1. The Hall–Kier alpha value is -0.860. The first-order chi connectivity index (χ1) is 6.56. The van der Waals surface area contributed by atoms with Crippen LogP contribution in [0.15, 0.2) is 0 Å². The molecule has 0 aromatic rings. The molecule has 1 rings (SSSR count). The zero-order chi connectivity index (χ0) is 10.7. The first-order valence-electron chi connectivity index (χ1n) is 5.22. The second-order valence-electron chi connectivity index (χ2n) is 4.56. The molecule has 1 saturated carbocycles. The van der Waals surface area contributed by atoms with Gasteiger partial charge in [-0.1, -0.05) is 6.92 Å². The minimum absolute atomic E-state index is 0.0545. The van der Waals surface area contributed by atoms with E-state index in [-0.39, 0.29) is 17.7 Å². The third kappa shape index (κ3) is 2.34. The molecule has 1 aliphatic rings. The van der Waals surface area contributed by atoms with Gasteiger partial charge in [0.15, 0.2) is 0 Å². The van der Waals surface area contributed by atoms with Crippen LogP contribution in [0, 0.1) is 17.8 Å². The molecule has 80 valence electrons. The van der Waals surface area contributed by atoms with Crippen LogP contribution in [0.1, 0.15) is 26.2 Å². The average molecular weight is 197 g/mol. The molecule has 0 radical (unpaired) electrons. The van der Waals surface area contributed by atoms with Crippen molar-refractivity contribution < 1.29 is 9.59 Å². The molecular formula is C11H19NO2. The van der Waals surface area contributed by atoms with E-state index in [1.165, 1.54) is 0 Å². The summed E-state index contributed by atoms with van der Waals surface area (Å²) in [7, 11) is 3.51. The molecule has 0 spiro atoms. The molecule has 3 nitrogen and oxygen atoms in total. The molecule has 3 atom stereocenters. The topological polar surface area (TPSA) is 37.4 Å². The molecule has 0 N–H and O–H groups in total. The van der Waals surface area contributed by atoms with Crippen molar-refractivity contribution in [3.63, 3.8) is 0 Å². The van der Waals surface area contributed by atoms with E-state index >= 15 is 0 Å². The van der Waals surface area contributed by atoms with E-state index < -0.39 is 0 Å². The van der Waals surface area contributed by atoms with Gasteiger partial charge in [-0.25, -0.2) is 0 Å². The van der Waals surface area contributed by atoms with Gasteiger partial charge in [0.05, 0.1) is 0 Å². The summed E-state index contributed by atoms with van der Waals surface area (Å²) in [6, 6.07) is 0. The molecule has 1 fully saturated rings. The third-order valence-electron chi connectivity index (χ3n) is 3.10. The quantitative estimate of drug-likeness (QED) is 0.626. The number of carbonyl (C=O) groups excluding carboxylic acids is 2. The Morgan fingerprint density at radius 2 is 2.00 bits per heavy atom. The van der Waals surface area contributed by atoms with E-state index in [4.69, 9.17) is 0 Å². The van der Waals surface area contributed by atoms with Crippen LogP contribution in [0.2, 0.25) is 0 Å². The first kappa shape index (κ1) is 11.2. The highest BCUT2D eigenvalue weighted by molar-refractivity contribution is 5.81. The van der Waals surface area contributed by atoms with Crippen molar-refractivity contribution in [3.05, 3.63) is 0 Å². The van der Waals surface area contributed by atoms with Crippen LogP contribution in [0.25, 0.3) is 0 Å². The lowest BCUT2D eigenvalue weighted by Crippen LogP contribution is -2.38. The lowest BCUT2D eigenvalue weighted by molar-refractivity contribution is -0.138. The molecule has 14 heavy (non-hydrogen) atoms. The highest BCUT2D eigenvalue weighted by Gasteiger charge is 2.34. The first-order valence-corrected chi connectivity index (χ1v) is 5.22. The summed E-state index contributed by atoms with van der Waals surface area (Å²) in [5, 5.41) is 0. The second-order valence-corrected chi connectivity index (χ2v) is 4.56. The second kappa shape index (κ2) is 4.58. The smallest absolute Gasteiger partial charge is 0.225 e. The summed E-state index contributed by atoms with van der Waals surface area (Å²) in [4.78, 5) is 24.2. The highest BCUT2D eigenvalue weighted by Crippen LogP contribution is 2.33. The Morgan fingerprint density at radius 3 is 2.50 bits per heavy atom. The largest absolute Gasteiger partial charge is 0.349 e. The summed E-state index contributed by atoms with van der Waals surface area (Å²) in [6.07, 6.45) is 3.76. The fourth-order valence-electron chi connectivity index (χ4n) is 2.18. The molecule has 3 heteroatoms. The van der Waals surface area contributed by atoms with Crippen LogP contribution in [0.4, 0.5) is 0 Å². The highest BCUT2D eigenvalue weighted by atomic mass is 16.2. The van der Waals surface area contributed by atoms with Crippen LogP contribution < -0.4 is 0 Å².